The molecule has 0 amide bonds. The van der Waals surface area contributed by atoms with E-state index in [0.29, 0.717) is 6.54 Å². The molecule has 0 aliphatic heterocycles. The maximum atomic E-state index is 13.7. The summed E-state index contributed by atoms with van der Waals surface area (Å²) in [7, 11) is 0. The largest absolute Gasteiger partial charge is 0.477 e. The zero-order valence-electron chi connectivity index (χ0n) is 13.7. The first-order chi connectivity index (χ1) is 12.0. The van der Waals surface area contributed by atoms with Gasteiger partial charge in [-0.05, 0) is 53.6 Å². The van der Waals surface area contributed by atoms with Crippen molar-refractivity contribution in [3.8, 4) is 0 Å². The number of aromatic nitrogens is 1. The average molecular weight is 333 g/mol. The van der Waals surface area contributed by atoms with Crippen molar-refractivity contribution < 1.29 is 14.3 Å². The molecule has 25 heavy (non-hydrogen) atoms. The maximum absolute atomic E-state index is 13.7. The fraction of sp³-hybridized carbons (Fsp3) is 0.0952. The van der Waals surface area contributed by atoms with Gasteiger partial charge in [0, 0.05) is 17.4 Å². The van der Waals surface area contributed by atoms with E-state index < -0.39 is 5.97 Å². The summed E-state index contributed by atoms with van der Waals surface area (Å²) < 4.78 is 15.5. The van der Waals surface area contributed by atoms with E-state index in [9.17, 15) is 14.3 Å². The lowest BCUT2D eigenvalue weighted by molar-refractivity contribution is 0.0686. The number of hydrogen-bond donors (Lipinski definition) is 1. The summed E-state index contributed by atoms with van der Waals surface area (Å²) in [5, 5.41) is 12.2. The fourth-order valence-corrected chi connectivity index (χ4v) is 3.36. The minimum atomic E-state index is -0.972. The molecule has 4 rings (SSSR count). The van der Waals surface area contributed by atoms with Crippen LogP contribution in [0, 0.1) is 12.7 Å². The fourth-order valence-electron chi connectivity index (χ4n) is 3.36. The number of benzene rings is 3. The lowest BCUT2D eigenvalue weighted by atomic mass is 10.0. The molecule has 1 heterocycles. The molecule has 0 aliphatic carbocycles. The highest BCUT2D eigenvalue weighted by molar-refractivity contribution is 5.95. The molecular formula is C21H16FNO2. The summed E-state index contributed by atoms with van der Waals surface area (Å²) in [5.74, 6) is -1.27. The topological polar surface area (TPSA) is 42.2 Å². The van der Waals surface area contributed by atoms with Gasteiger partial charge < -0.3 is 9.67 Å². The first kappa shape index (κ1) is 15.4. The average Bonchev–Trinajstić information content (AvgIpc) is 2.93. The maximum Gasteiger partial charge on any atom is 0.352 e. The molecule has 0 fully saturated rings. The summed E-state index contributed by atoms with van der Waals surface area (Å²) in [5.41, 5.74) is 3.05. The Labute approximate surface area is 143 Å². The van der Waals surface area contributed by atoms with Crippen LogP contribution >= 0.6 is 0 Å². The van der Waals surface area contributed by atoms with Crippen LogP contribution in [0.2, 0.25) is 0 Å². The minimum absolute atomic E-state index is 0.231. The van der Waals surface area contributed by atoms with E-state index in [4.69, 9.17) is 0 Å². The molecule has 4 aromatic rings. The number of aryl methyl sites for hydroxylation is 1. The van der Waals surface area contributed by atoms with Crippen LogP contribution in [0.4, 0.5) is 4.39 Å². The van der Waals surface area contributed by atoms with Crippen molar-refractivity contribution >= 4 is 27.6 Å². The van der Waals surface area contributed by atoms with E-state index in [1.165, 1.54) is 12.1 Å². The second kappa shape index (κ2) is 5.74. The Kier molecular flexibility index (Phi) is 3.53. The number of carbonyl (C=O) groups is 1. The van der Waals surface area contributed by atoms with Crippen molar-refractivity contribution in [1.29, 1.82) is 0 Å². The molecule has 0 spiro atoms. The lowest BCUT2D eigenvalue weighted by Gasteiger charge is -2.11. The van der Waals surface area contributed by atoms with Crippen LogP contribution in [0.3, 0.4) is 0 Å². The second-order valence-corrected chi connectivity index (χ2v) is 6.27. The van der Waals surface area contributed by atoms with Crippen molar-refractivity contribution in [2.45, 2.75) is 13.5 Å². The Bertz CT molecular complexity index is 1130. The van der Waals surface area contributed by atoms with Crippen LogP contribution in [-0.4, -0.2) is 15.6 Å². The Morgan fingerprint density at radius 1 is 1.04 bits per heavy atom. The van der Waals surface area contributed by atoms with E-state index in [-0.39, 0.29) is 11.5 Å². The molecule has 3 nitrogen and oxygen atoms in total. The first-order valence-electron chi connectivity index (χ1n) is 8.03. The van der Waals surface area contributed by atoms with Crippen LogP contribution in [-0.2, 0) is 6.54 Å². The van der Waals surface area contributed by atoms with Crippen molar-refractivity contribution in [2.75, 3.05) is 0 Å². The molecular weight excluding hydrogens is 317 g/mol. The number of aromatic carboxylic acids is 1. The smallest absolute Gasteiger partial charge is 0.352 e. The first-order valence-corrected chi connectivity index (χ1v) is 8.03. The number of carboxylic acid groups (broad SMARTS) is 1. The summed E-state index contributed by atoms with van der Waals surface area (Å²) in [6.07, 6.45) is 0. The lowest BCUT2D eigenvalue weighted by Crippen LogP contribution is -2.09. The Morgan fingerprint density at radius 2 is 1.88 bits per heavy atom. The zero-order valence-corrected chi connectivity index (χ0v) is 13.7. The quantitative estimate of drug-likeness (QED) is 0.574. The predicted octanol–water partition coefficient (Wildman–Crippen LogP) is 4.99. The molecule has 0 saturated carbocycles. The molecule has 1 aromatic heterocycles. The summed E-state index contributed by atoms with van der Waals surface area (Å²) in [6.45, 7) is 2.35. The second-order valence-electron chi connectivity index (χ2n) is 6.27. The number of halogens is 1. The van der Waals surface area contributed by atoms with Crippen molar-refractivity contribution in [3.63, 3.8) is 0 Å². The van der Waals surface area contributed by atoms with Crippen molar-refractivity contribution in [2.24, 2.45) is 0 Å². The van der Waals surface area contributed by atoms with Crippen LogP contribution < -0.4 is 0 Å². The number of fused-ring (bicyclic) bond motifs is 2. The standard InChI is InChI=1S/C21H16FNO2/c1-13-5-8-19-16(9-13)10-20(21(24)25)23(19)12-15-4-2-3-14-6-7-17(22)11-18(14)15/h2-11H,12H2,1H3,(H,24,25). The van der Waals surface area contributed by atoms with Crippen molar-refractivity contribution in [1.82, 2.24) is 4.57 Å². The molecule has 1 N–H and O–H groups in total. The van der Waals surface area contributed by atoms with Crippen LogP contribution in [0.25, 0.3) is 21.7 Å². The van der Waals surface area contributed by atoms with Gasteiger partial charge in [-0.2, -0.15) is 0 Å². The summed E-state index contributed by atoms with van der Waals surface area (Å²) in [4.78, 5) is 11.7. The molecule has 0 aliphatic rings. The molecule has 0 unspecified atom stereocenters. The van der Waals surface area contributed by atoms with Gasteiger partial charge in [0.05, 0.1) is 0 Å². The molecule has 0 saturated heterocycles. The van der Waals surface area contributed by atoms with Gasteiger partial charge >= 0.3 is 5.97 Å². The highest BCUT2D eigenvalue weighted by atomic mass is 19.1. The monoisotopic (exact) mass is 333 g/mol. The Balaban J connectivity index is 1.93. The van der Waals surface area contributed by atoms with Gasteiger partial charge in [-0.25, -0.2) is 9.18 Å². The van der Waals surface area contributed by atoms with Gasteiger partial charge in [0.2, 0.25) is 0 Å². The van der Waals surface area contributed by atoms with Gasteiger partial charge in [0.15, 0.2) is 0 Å². The SMILES string of the molecule is Cc1ccc2c(c1)cc(C(=O)O)n2Cc1cccc2ccc(F)cc12. The molecule has 0 radical (unpaired) electrons. The molecule has 3 aromatic carbocycles. The van der Waals surface area contributed by atoms with E-state index in [1.807, 2.05) is 43.3 Å². The number of hydrogen-bond acceptors (Lipinski definition) is 1. The third kappa shape index (κ3) is 2.66. The minimum Gasteiger partial charge on any atom is -0.477 e. The highest BCUT2D eigenvalue weighted by Gasteiger charge is 2.16. The van der Waals surface area contributed by atoms with Crippen LogP contribution in [0.15, 0.2) is 60.7 Å². The van der Waals surface area contributed by atoms with Gasteiger partial charge in [0.1, 0.15) is 11.5 Å². The highest BCUT2D eigenvalue weighted by Crippen LogP contribution is 2.26. The number of nitrogens with zero attached hydrogens (tertiary/aromatic N) is 1. The summed E-state index contributed by atoms with van der Waals surface area (Å²) in [6, 6.07) is 18.0. The zero-order chi connectivity index (χ0) is 17.6. The summed E-state index contributed by atoms with van der Waals surface area (Å²) >= 11 is 0. The van der Waals surface area contributed by atoms with Gasteiger partial charge in [-0.15, -0.1) is 0 Å². The van der Waals surface area contributed by atoms with Gasteiger partial charge in [-0.3, -0.25) is 0 Å². The normalized spacial score (nSPS) is 11.3. The van der Waals surface area contributed by atoms with E-state index in [2.05, 4.69) is 0 Å². The number of carboxylic acids is 1. The van der Waals surface area contributed by atoms with Crippen molar-refractivity contribution in [3.05, 3.63) is 83.3 Å². The van der Waals surface area contributed by atoms with E-state index >= 15 is 0 Å². The van der Waals surface area contributed by atoms with E-state index in [0.717, 1.165) is 32.8 Å². The van der Waals surface area contributed by atoms with Gasteiger partial charge in [-0.1, -0.05) is 35.9 Å². The molecule has 0 bridgehead atoms. The van der Waals surface area contributed by atoms with Crippen LogP contribution in [0.1, 0.15) is 21.6 Å². The Morgan fingerprint density at radius 3 is 2.68 bits per heavy atom. The third-order valence-electron chi connectivity index (χ3n) is 4.54. The molecule has 4 heteroatoms. The molecule has 0 atom stereocenters. The predicted molar refractivity (Wildman–Crippen MR) is 96.6 cm³/mol. The number of rotatable bonds is 3. The van der Waals surface area contributed by atoms with Crippen LogP contribution in [0.5, 0.6) is 0 Å². The third-order valence-corrected chi connectivity index (χ3v) is 4.54. The van der Waals surface area contributed by atoms with E-state index in [1.54, 1.807) is 16.7 Å². The van der Waals surface area contributed by atoms with Gasteiger partial charge in [0.25, 0.3) is 0 Å². The Hall–Kier alpha value is -3.14. The molecule has 124 valence electrons.